The van der Waals surface area contributed by atoms with Gasteiger partial charge in [-0.25, -0.2) is 0 Å². The maximum Gasteiger partial charge on any atom is 0.170 e. The molecule has 0 fully saturated rings. The Kier molecular flexibility index (Phi) is 6.62. The van der Waals surface area contributed by atoms with Crippen LogP contribution in [0.1, 0.15) is 22.3 Å². The van der Waals surface area contributed by atoms with Gasteiger partial charge in [0.15, 0.2) is 23.0 Å². The minimum Gasteiger partial charge on any atom is -0.450 e. The summed E-state index contributed by atoms with van der Waals surface area (Å²) in [5, 5.41) is 0. The van der Waals surface area contributed by atoms with Gasteiger partial charge in [0.25, 0.3) is 0 Å². The van der Waals surface area contributed by atoms with Crippen LogP contribution in [-0.2, 0) is 5.41 Å². The smallest absolute Gasteiger partial charge is 0.170 e. The van der Waals surface area contributed by atoms with Gasteiger partial charge in [-0.1, -0.05) is 127 Å². The molecule has 0 unspecified atom stereocenters. The van der Waals surface area contributed by atoms with Gasteiger partial charge in [0.2, 0.25) is 0 Å². The molecule has 0 saturated heterocycles. The highest BCUT2D eigenvalue weighted by molar-refractivity contribution is 6.02. The van der Waals surface area contributed by atoms with Crippen molar-refractivity contribution in [3.8, 4) is 56.4 Å². The third-order valence-corrected chi connectivity index (χ3v) is 12.6. The Morgan fingerprint density at radius 1 is 0.288 bits per heavy atom. The fourth-order valence-corrected chi connectivity index (χ4v) is 10.2. The maximum atomic E-state index is 6.58. The summed E-state index contributed by atoms with van der Waals surface area (Å²) in [5.41, 5.74) is 18.6. The van der Waals surface area contributed by atoms with Crippen LogP contribution >= 0.6 is 0 Å². The second-order valence-electron chi connectivity index (χ2n) is 15.6. The van der Waals surface area contributed by atoms with E-state index in [2.05, 4.69) is 192 Å². The molecule has 2 heterocycles. The van der Waals surface area contributed by atoms with E-state index in [4.69, 9.17) is 9.47 Å². The Bertz CT molecular complexity index is 3100. The highest BCUT2D eigenvalue weighted by Gasteiger charge is 2.52. The first-order valence-corrected chi connectivity index (χ1v) is 20.2. The predicted octanol–water partition coefficient (Wildman–Crippen LogP) is 14.8. The van der Waals surface area contributed by atoms with Crippen LogP contribution in [0.15, 0.2) is 206 Å². The van der Waals surface area contributed by atoms with Gasteiger partial charge in [-0.2, -0.15) is 0 Å². The van der Waals surface area contributed by atoms with Crippen molar-refractivity contribution in [2.45, 2.75) is 5.41 Å². The molecule has 4 nitrogen and oxygen atoms in total. The number of fused-ring (bicyclic) bond motifs is 14. The number of rotatable bonds is 3. The minimum atomic E-state index is -0.533. The summed E-state index contributed by atoms with van der Waals surface area (Å²) in [7, 11) is 0. The van der Waals surface area contributed by atoms with Gasteiger partial charge in [0.05, 0.1) is 28.2 Å². The molecule has 0 atom stereocenters. The van der Waals surface area contributed by atoms with Crippen LogP contribution in [0.3, 0.4) is 0 Å². The molecule has 13 rings (SSSR count). The average molecular weight is 755 g/mol. The molecule has 9 aromatic rings. The number of benzene rings is 9. The highest BCUT2D eigenvalue weighted by Crippen LogP contribution is 2.65. The van der Waals surface area contributed by atoms with Crippen molar-refractivity contribution in [3.63, 3.8) is 0 Å². The molecular weight excluding hydrogens is 721 g/mol. The molecule has 4 heteroatoms. The topological polar surface area (TPSA) is 24.9 Å². The van der Waals surface area contributed by atoms with Crippen LogP contribution in [0.5, 0.6) is 23.0 Å². The number of para-hydroxylation sites is 7. The maximum absolute atomic E-state index is 6.58. The fraction of sp³-hybridized carbons (Fsp3) is 0.0182. The molecule has 2 aliphatic heterocycles. The molecule has 2 aliphatic carbocycles. The number of anilines is 6. The Hall–Kier alpha value is -7.82. The molecule has 1 spiro atoms. The zero-order valence-corrected chi connectivity index (χ0v) is 31.8. The van der Waals surface area contributed by atoms with Gasteiger partial charge < -0.3 is 19.3 Å². The highest BCUT2D eigenvalue weighted by atomic mass is 16.6. The van der Waals surface area contributed by atoms with E-state index in [-0.39, 0.29) is 0 Å². The Morgan fingerprint density at radius 3 is 1.32 bits per heavy atom. The third-order valence-electron chi connectivity index (χ3n) is 12.6. The predicted molar refractivity (Wildman–Crippen MR) is 238 cm³/mol. The van der Waals surface area contributed by atoms with E-state index in [1.54, 1.807) is 0 Å². The summed E-state index contributed by atoms with van der Waals surface area (Å²) >= 11 is 0. The van der Waals surface area contributed by atoms with Crippen molar-refractivity contribution in [2.24, 2.45) is 0 Å². The summed E-state index contributed by atoms with van der Waals surface area (Å²) < 4.78 is 13.1. The summed E-state index contributed by atoms with van der Waals surface area (Å²) in [6.07, 6.45) is 0. The lowest BCUT2D eigenvalue weighted by Crippen LogP contribution is -2.26. The van der Waals surface area contributed by atoms with E-state index in [9.17, 15) is 0 Å². The normalized spacial score (nSPS) is 14.1. The van der Waals surface area contributed by atoms with Gasteiger partial charge in [0, 0.05) is 11.4 Å². The van der Waals surface area contributed by atoms with E-state index in [1.165, 1.54) is 50.1 Å². The largest absolute Gasteiger partial charge is 0.450 e. The van der Waals surface area contributed by atoms with Crippen LogP contribution < -0.4 is 19.3 Å². The Morgan fingerprint density at radius 2 is 0.729 bits per heavy atom. The summed E-state index contributed by atoms with van der Waals surface area (Å²) in [5.74, 6) is 2.93. The summed E-state index contributed by atoms with van der Waals surface area (Å²) in [4.78, 5) is 4.75. The zero-order valence-electron chi connectivity index (χ0n) is 31.8. The first-order chi connectivity index (χ1) is 29.3. The minimum absolute atomic E-state index is 0.533. The molecule has 0 aromatic heterocycles. The third kappa shape index (κ3) is 4.43. The molecule has 0 radical (unpaired) electrons. The fourth-order valence-electron chi connectivity index (χ4n) is 10.2. The van der Waals surface area contributed by atoms with Crippen LogP contribution in [0, 0.1) is 0 Å². The Labute approximate surface area is 342 Å². The lowest BCUT2D eigenvalue weighted by molar-refractivity contribution is 0.359. The quantitative estimate of drug-likeness (QED) is 0.179. The molecular formula is C55H34N2O2. The molecule has 9 aromatic carbocycles. The lowest BCUT2D eigenvalue weighted by Gasteiger charge is -2.40. The van der Waals surface area contributed by atoms with Crippen molar-refractivity contribution in [1.29, 1.82) is 0 Å². The molecule has 0 amide bonds. The van der Waals surface area contributed by atoms with Gasteiger partial charge >= 0.3 is 0 Å². The van der Waals surface area contributed by atoms with Crippen LogP contribution in [0.25, 0.3) is 33.4 Å². The Balaban J connectivity index is 0.961. The first kappa shape index (κ1) is 32.3. The second-order valence-corrected chi connectivity index (χ2v) is 15.6. The van der Waals surface area contributed by atoms with E-state index in [1.807, 2.05) is 24.3 Å². The van der Waals surface area contributed by atoms with Crippen molar-refractivity contribution in [2.75, 3.05) is 9.80 Å². The number of ether oxygens (including phenoxy) is 2. The zero-order chi connectivity index (χ0) is 38.7. The van der Waals surface area contributed by atoms with E-state index < -0.39 is 5.41 Å². The van der Waals surface area contributed by atoms with Gasteiger partial charge in [-0.15, -0.1) is 0 Å². The standard InChI is InChI=1S/C55H34N2O2/c1-2-14-37(15-3-1)56-47-20-8-10-22-49(47)57(50-23-11-9-21-48(50)56)38-29-26-35(27-30-38)36-28-31-41-42-33-53-54(59-52-25-13-12-24-51(52)58-53)34-46(42)55(45(41)32-36)43-18-6-4-16-39(43)40-17-5-7-19-44(40)55/h1-34H. The second kappa shape index (κ2) is 12.1. The van der Waals surface area contributed by atoms with Crippen LogP contribution in [0.2, 0.25) is 0 Å². The molecule has 0 N–H and O–H groups in total. The summed E-state index contributed by atoms with van der Waals surface area (Å²) in [6, 6.07) is 74.3. The number of hydrogen-bond donors (Lipinski definition) is 0. The number of nitrogens with zero attached hydrogens (tertiary/aromatic N) is 2. The summed E-state index contributed by atoms with van der Waals surface area (Å²) in [6.45, 7) is 0. The van der Waals surface area contributed by atoms with Crippen LogP contribution in [-0.4, -0.2) is 0 Å². The number of hydrogen-bond acceptors (Lipinski definition) is 4. The molecule has 0 saturated carbocycles. The van der Waals surface area contributed by atoms with E-state index in [0.29, 0.717) is 0 Å². The van der Waals surface area contributed by atoms with Crippen LogP contribution in [0.4, 0.5) is 34.1 Å². The van der Waals surface area contributed by atoms with Crippen molar-refractivity contribution < 1.29 is 9.47 Å². The molecule has 0 bridgehead atoms. The van der Waals surface area contributed by atoms with Crippen molar-refractivity contribution in [3.05, 3.63) is 229 Å². The first-order valence-electron chi connectivity index (χ1n) is 20.2. The van der Waals surface area contributed by atoms with E-state index >= 15 is 0 Å². The average Bonchev–Trinajstić information content (AvgIpc) is 3.76. The van der Waals surface area contributed by atoms with Gasteiger partial charge in [-0.05, 0) is 134 Å². The monoisotopic (exact) mass is 754 g/mol. The molecule has 276 valence electrons. The molecule has 4 aliphatic rings. The van der Waals surface area contributed by atoms with Gasteiger partial charge in [-0.3, -0.25) is 0 Å². The van der Waals surface area contributed by atoms with Gasteiger partial charge in [0.1, 0.15) is 0 Å². The lowest BCUT2D eigenvalue weighted by atomic mass is 9.70. The SMILES string of the molecule is c1ccc(N2c3ccccc3N(c3ccc(-c4ccc5c(c4)C4(c6ccccc6-c6ccccc64)c4cc6c(cc4-5)Oc4ccccc4O6)cc3)c3ccccc32)cc1. The van der Waals surface area contributed by atoms with E-state index in [0.717, 1.165) is 62.7 Å². The van der Waals surface area contributed by atoms with Crippen molar-refractivity contribution in [1.82, 2.24) is 0 Å². The molecule has 59 heavy (non-hydrogen) atoms. The van der Waals surface area contributed by atoms with Crippen molar-refractivity contribution >= 4 is 34.1 Å².